The van der Waals surface area contributed by atoms with Crippen LogP contribution in [0, 0.1) is 6.92 Å². The molecule has 1 aliphatic rings. The molecule has 1 aromatic heterocycles. The lowest BCUT2D eigenvalue weighted by atomic mass is 10.00. The fourth-order valence-electron chi connectivity index (χ4n) is 4.65. The zero-order chi connectivity index (χ0) is 29.1. The summed E-state index contributed by atoms with van der Waals surface area (Å²) in [5.41, 5.74) is 5.89. The normalized spacial score (nSPS) is 13.9. The van der Waals surface area contributed by atoms with E-state index in [4.69, 9.17) is 21.3 Å². The number of hydrogen-bond acceptors (Lipinski definition) is 8. The molecule has 210 valence electrons. The van der Waals surface area contributed by atoms with Crippen molar-refractivity contribution >= 4 is 29.1 Å². The average Bonchev–Trinajstić information content (AvgIpc) is 3.29. The van der Waals surface area contributed by atoms with Crippen molar-refractivity contribution in [3.8, 4) is 17.2 Å². The van der Waals surface area contributed by atoms with Gasteiger partial charge >= 0.3 is 0 Å². The second kappa shape index (κ2) is 11.8. The zero-order valence-corrected chi connectivity index (χ0v) is 23.3. The monoisotopic (exact) mass is 574 g/mol. The highest BCUT2D eigenvalue weighted by atomic mass is 35.5. The number of hydrogen-bond donors (Lipinski definition) is 3. The van der Waals surface area contributed by atoms with E-state index in [1.165, 1.54) is 19.2 Å². The lowest BCUT2D eigenvalue weighted by Crippen LogP contribution is -2.26. The Morgan fingerprint density at radius 1 is 1.05 bits per heavy atom. The Kier molecular flexibility index (Phi) is 7.99. The summed E-state index contributed by atoms with van der Waals surface area (Å²) in [6.45, 7) is 1.97. The summed E-state index contributed by atoms with van der Waals surface area (Å²) in [6.07, 6.45) is -0.0184. The Morgan fingerprint density at radius 3 is 2.56 bits per heavy atom. The first-order valence-corrected chi connectivity index (χ1v) is 13.0. The maximum absolute atomic E-state index is 13.2. The van der Waals surface area contributed by atoms with Gasteiger partial charge in [0.15, 0.2) is 5.82 Å². The molecule has 11 nitrogen and oxygen atoms in total. The van der Waals surface area contributed by atoms with Crippen LogP contribution in [-0.2, 0) is 16.2 Å². The second-order valence-corrected chi connectivity index (χ2v) is 9.73. The van der Waals surface area contributed by atoms with Gasteiger partial charge in [0.2, 0.25) is 5.91 Å². The number of benzene rings is 3. The van der Waals surface area contributed by atoms with Crippen LogP contribution in [0.5, 0.6) is 11.5 Å². The number of carbonyl (C=O) groups excluding carboxylic acids is 2. The molecule has 5 rings (SSSR count). The number of methoxy groups -OCH3 is 1. The van der Waals surface area contributed by atoms with E-state index in [2.05, 4.69) is 25.8 Å². The molecule has 3 N–H and O–H groups in total. The summed E-state index contributed by atoms with van der Waals surface area (Å²) in [6, 6.07) is 16.8. The lowest BCUT2D eigenvalue weighted by molar-refractivity contribution is -0.121. The predicted octanol–water partition coefficient (Wildman–Crippen LogP) is 3.83. The number of amides is 2. The Morgan fingerprint density at radius 2 is 1.83 bits per heavy atom. The first-order valence-electron chi connectivity index (χ1n) is 12.7. The highest BCUT2D eigenvalue weighted by Crippen LogP contribution is 2.34. The Balaban J connectivity index is 1.47. The Labute approximate surface area is 240 Å². The average molecular weight is 575 g/mol. The van der Waals surface area contributed by atoms with Gasteiger partial charge < -0.3 is 15.2 Å². The van der Waals surface area contributed by atoms with Crippen LogP contribution in [0.25, 0.3) is 5.69 Å². The highest BCUT2D eigenvalue weighted by Gasteiger charge is 2.30. The van der Waals surface area contributed by atoms with Crippen LogP contribution < -0.4 is 15.5 Å². The molecule has 0 bridgehead atoms. The van der Waals surface area contributed by atoms with Gasteiger partial charge in [-0.1, -0.05) is 29.8 Å². The Hall–Kier alpha value is -4.74. The van der Waals surface area contributed by atoms with Crippen molar-refractivity contribution in [3.05, 3.63) is 99.6 Å². The number of carbonyl (C=O) groups is 2. The van der Waals surface area contributed by atoms with Gasteiger partial charge in [-0.05, 0) is 55.0 Å². The third-order valence-corrected chi connectivity index (χ3v) is 6.87. The molecule has 0 saturated heterocycles. The van der Waals surface area contributed by atoms with E-state index in [9.17, 15) is 14.7 Å². The fraction of sp³-hybridized carbons (Fsp3) is 0.207. The van der Waals surface area contributed by atoms with E-state index in [-0.39, 0.29) is 30.2 Å². The molecule has 41 heavy (non-hydrogen) atoms. The lowest BCUT2D eigenvalue weighted by Gasteiger charge is -2.14. The van der Waals surface area contributed by atoms with Crippen molar-refractivity contribution < 1.29 is 24.3 Å². The van der Waals surface area contributed by atoms with E-state index < -0.39 is 11.9 Å². The molecule has 4 aromatic rings. The van der Waals surface area contributed by atoms with Crippen molar-refractivity contribution in [2.24, 2.45) is 4.99 Å². The minimum Gasteiger partial charge on any atom is -0.507 e. The van der Waals surface area contributed by atoms with Crippen LogP contribution in [0.1, 0.15) is 51.2 Å². The first-order chi connectivity index (χ1) is 19.8. The van der Waals surface area contributed by atoms with E-state index in [0.717, 1.165) is 16.8 Å². The molecule has 0 unspecified atom stereocenters. The number of rotatable bonds is 8. The summed E-state index contributed by atoms with van der Waals surface area (Å²) in [4.78, 5) is 35.1. The minimum atomic E-state index is -0.664. The maximum Gasteiger partial charge on any atom is 0.278 e. The summed E-state index contributed by atoms with van der Waals surface area (Å²) >= 11 is 6.16. The van der Waals surface area contributed by atoms with Crippen LogP contribution >= 0.6 is 11.6 Å². The highest BCUT2D eigenvalue weighted by molar-refractivity contribution is 6.30. The molecule has 12 heteroatoms. The molecule has 2 heterocycles. The van der Waals surface area contributed by atoms with Gasteiger partial charge in [0.25, 0.3) is 5.91 Å². The van der Waals surface area contributed by atoms with Gasteiger partial charge in [0, 0.05) is 22.7 Å². The van der Waals surface area contributed by atoms with Crippen LogP contribution in [0.4, 0.5) is 0 Å². The quantitative estimate of drug-likeness (QED) is 0.272. The number of nitrogens with one attached hydrogen (secondary N) is 2. The molecule has 1 aliphatic heterocycles. The largest absolute Gasteiger partial charge is 0.507 e. The zero-order valence-electron chi connectivity index (χ0n) is 22.5. The number of ether oxygens (including phenoxy) is 1. The molecule has 1 atom stereocenters. The van der Waals surface area contributed by atoms with Crippen molar-refractivity contribution in [1.82, 2.24) is 25.6 Å². The van der Waals surface area contributed by atoms with Crippen LogP contribution in [0.3, 0.4) is 0 Å². The third kappa shape index (κ3) is 5.76. The number of aromatic hydroxyl groups is 1. The number of nitrogens with zero attached hydrogens (tertiary/aromatic N) is 4. The molecule has 0 saturated carbocycles. The standard InChI is InChI=1S/C29H27ClN6O5/c1-16-33-34-28-23(14-26(38)31-15-17-4-11-25(37)22(12-17)29(39)35-41-3)32-27(18-5-7-19(30)8-6-18)21-13-20(40-2)9-10-24(21)36(16)28/h4-13,23,37H,14-15H2,1-3H3,(H,31,38)(H,35,39)/t23-/m0/s1. The smallest absolute Gasteiger partial charge is 0.278 e. The first kappa shape index (κ1) is 27.8. The molecule has 2 amide bonds. The van der Waals surface area contributed by atoms with Crippen molar-refractivity contribution in [2.45, 2.75) is 25.9 Å². The molecule has 0 aliphatic carbocycles. The topological polar surface area (TPSA) is 140 Å². The van der Waals surface area contributed by atoms with Gasteiger partial charge in [-0.2, -0.15) is 0 Å². The van der Waals surface area contributed by atoms with Crippen LogP contribution in [0.15, 0.2) is 65.7 Å². The summed E-state index contributed by atoms with van der Waals surface area (Å²) < 4.78 is 7.41. The number of aromatic nitrogens is 3. The van der Waals surface area contributed by atoms with E-state index in [1.54, 1.807) is 25.3 Å². The number of aliphatic imine (C=N–C) groups is 1. The molecule has 0 spiro atoms. The molecular weight excluding hydrogens is 548 g/mol. The SMILES string of the molecule is CONC(=O)c1cc(CNC(=O)C[C@@H]2N=C(c3ccc(Cl)cc3)c3cc(OC)ccc3-n3c(C)nnc32)ccc1O. The van der Waals surface area contributed by atoms with Gasteiger partial charge in [-0.3, -0.25) is 24.0 Å². The fourth-order valence-corrected chi connectivity index (χ4v) is 4.77. The van der Waals surface area contributed by atoms with Gasteiger partial charge in [0.05, 0.1) is 37.6 Å². The minimum absolute atomic E-state index is 0.0184. The molecule has 0 fully saturated rings. The van der Waals surface area contributed by atoms with Gasteiger partial charge in [0.1, 0.15) is 23.4 Å². The van der Waals surface area contributed by atoms with E-state index in [1.807, 2.05) is 41.8 Å². The molecular formula is C29H27ClN6O5. The predicted molar refractivity (Wildman–Crippen MR) is 152 cm³/mol. The van der Waals surface area contributed by atoms with Crippen LogP contribution in [0.2, 0.25) is 5.02 Å². The number of hydroxylamine groups is 1. The number of halogens is 1. The second-order valence-electron chi connectivity index (χ2n) is 9.29. The van der Waals surface area contributed by atoms with E-state index >= 15 is 0 Å². The summed E-state index contributed by atoms with van der Waals surface area (Å²) in [5, 5.41) is 22.2. The van der Waals surface area contributed by atoms with Crippen molar-refractivity contribution in [1.29, 1.82) is 0 Å². The Bertz CT molecular complexity index is 1650. The molecule has 3 aromatic carbocycles. The van der Waals surface area contributed by atoms with Gasteiger partial charge in [-0.25, -0.2) is 5.48 Å². The van der Waals surface area contributed by atoms with Crippen LogP contribution in [-0.4, -0.2) is 51.6 Å². The number of aryl methyl sites for hydroxylation is 1. The van der Waals surface area contributed by atoms with E-state index in [0.29, 0.717) is 33.7 Å². The maximum atomic E-state index is 13.2. The number of fused-ring (bicyclic) bond motifs is 3. The third-order valence-electron chi connectivity index (χ3n) is 6.62. The molecule has 0 radical (unpaired) electrons. The number of phenolic OH excluding ortho intramolecular Hbond substituents is 1. The summed E-state index contributed by atoms with van der Waals surface area (Å²) in [7, 11) is 2.89. The summed E-state index contributed by atoms with van der Waals surface area (Å²) in [5.74, 6) is 0.725. The van der Waals surface area contributed by atoms with Crippen molar-refractivity contribution in [2.75, 3.05) is 14.2 Å². The number of phenols is 1. The van der Waals surface area contributed by atoms with Gasteiger partial charge in [-0.15, -0.1) is 10.2 Å². The van der Waals surface area contributed by atoms with Crippen molar-refractivity contribution in [3.63, 3.8) is 0 Å².